The zero-order chi connectivity index (χ0) is 17.2. The number of nitriles is 1. The van der Waals surface area contributed by atoms with Crippen LogP contribution in [0.1, 0.15) is 6.42 Å². The summed E-state index contributed by atoms with van der Waals surface area (Å²) in [4.78, 5) is 11.2. The first-order valence-corrected chi connectivity index (χ1v) is 9.72. The highest BCUT2D eigenvalue weighted by molar-refractivity contribution is 7.98. The van der Waals surface area contributed by atoms with Crippen LogP contribution in [-0.2, 0) is 0 Å². The maximum atomic E-state index is 9.05. The maximum Gasteiger partial charge on any atom is 0.179 e. The fraction of sp³-hybridized carbons (Fsp3) is 0.647. The Labute approximate surface area is 154 Å². The summed E-state index contributed by atoms with van der Waals surface area (Å²) in [5.74, 6) is 1.08. The fourth-order valence-electron chi connectivity index (χ4n) is 3.66. The van der Waals surface area contributed by atoms with Crippen molar-refractivity contribution in [1.82, 2.24) is 19.1 Å². The number of nitrogens with zero attached hydrogens (tertiary/aromatic N) is 7. The van der Waals surface area contributed by atoms with E-state index >= 15 is 0 Å². The van der Waals surface area contributed by atoms with Gasteiger partial charge in [0, 0.05) is 82.8 Å². The molecule has 1 unspecified atom stereocenters. The lowest BCUT2D eigenvalue weighted by Gasteiger charge is -2.33. The van der Waals surface area contributed by atoms with Crippen molar-refractivity contribution in [2.45, 2.75) is 12.5 Å². The molecule has 1 aromatic rings. The number of hydrogen-bond acceptors (Lipinski definition) is 8. The van der Waals surface area contributed by atoms with Gasteiger partial charge in [0.25, 0.3) is 0 Å². The minimum absolute atomic E-state index is 0.480. The van der Waals surface area contributed by atoms with E-state index in [2.05, 4.69) is 48.8 Å². The van der Waals surface area contributed by atoms with Crippen LogP contribution in [-0.4, -0.2) is 84.5 Å². The third-order valence-electron chi connectivity index (χ3n) is 5.28. The predicted octanol–water partition coefficient (Wildman–Crippen LogP) is 1.07. The monoisotopic (exact) mass is 359 g/mol. The van der Waals surface area contributed by atoms with Crippen molar-refractivity contribution in [3.8, 4) is 6.19 Å². The summed E-state index contributed by atoms with van der Waals surface area (Å²) in [5, 5.41) is 9.05. The molecule has 3 aliphatic heterocycles. The van der Waals surface area contributed by atoms with Gasteiger partial charge in [-0.1, -0.05) is 0 Å². The Morgan fingerprint density at radius 2 is 2.00 bits per heavy atom. The molecule has 4 heterocycles. The first-order chi connectivity index (χ1) is 12.2. The van der Waals surface area contributed by atoms with Crippen LogP contribution in [0.2, 0.25) is 0 Å². The van der Waals surface area contributed by atoms with Gasteiger partial charge in [0.1, 0.15) is 5.82 Å². The molecule has 8 heteroatoms. The largest absolute Gasteiger partial charge is 0.354 e. The van der Waals surface area contributed by atoms with Crippen LogP contribution < -0.4 is 9.21 Å². The van der Waals surface area contributed by atoms with Gasteiger partial charge < -0.3 is 19.0 Å². The minimum atomic E-state index is 0.480. The molecular formula is C17H25N7S. The van der Waals surface area contributed by atoms with Crippen molar-refractivity contribution in [3.05, 3.63) is 18.3 Å². The average Bonchev–Trinajstić information content (AvgIpc) is 3.32. The lowest BCUT2D eigenvalue weighted by molar-refractivity contribution is 0.312. The second-order valence-corrected chi connectivity index (χ2v) is 8.05. The number of rotatable bonds is 3. The average molecular weight is 360 g/mol. The summed E-state index contributed by atoms with van der Waals surface area (Å²) in [6.45, 7) is 8.07. The van der Waals surface area contributed by atoms with Crippen molar-refractivity contribution >= 4 is 23.6 Å². The Bertz CT molecular complexity index is 640. The zero-order valence-electron chi connectivity index (χ0n) is 14.7. The quantitative estimate of drug-likeness (QED) is 0.587. The fourth-order valence-corrected chi connectivity index (χ4v) is 4.76. The Morgan fingerprint density at radius 3 is 2.76 bits per heavy atom. The molecule has 134 valence electrons. The van der Waals surface area contributed by atoms with Crippen LogP contribution in [0.4, 0.5) is 11.5 Å². The molecular weight excluding hydrogens is 334 g/mol. The van der Waals surface area contributed by atoms with Crippen molar-refractivity contribution in [2.24, 2.45) is 0 Å². The molecule has 25 heavy (non-hydrogen) atoms. The summed E-state index contributed by atoms with van der Waals surface area (Å²) in [7, 11) is 2.17. The van der Waals surface area contributed by atoms with Gasteiger partial charge in [-0.3, -0.25) is 0 Å². The number of anilines is 2. The number of likely N-dealkylation sites (tertiary alicyclic amines) is 1. The molecule has 0 aromatic carbocycles. The molecule has 3 fully saturated rings. The highest BCUT2D eigenvalue weighted by Crippen LogP contribution is 2.35. The van der Waals surface area contributed by atoms with E-state index in [1.165, 1.54) is 5.69 Å². The summed E-state index contributed by atoms with van der Waals surface area (Å²) in [6.07, 6.45) is 5.28. The predicted molar refractivity (Wildman–Crippen MR) is 101 cm³/mol. The van der Waals surface area contributed by atoms with Gasteiger partial charge >= 0.3 is 0 Å². The lowest BCUT2D eigenvalue weighted by Crippen LogP contribution is -2.44. The van der Waals surface area contributed by atoms with Gasteiger partial charge in [-0.05, 0) is 19.5 Å². The third-order valence-corrected chi connectivity index (χ3v) is 6.56. The molecule has 0 amide bonds. The van der Waals surface area contributed by atoms with Crippen LogP contribution >= 0.6 is 12.1 Å². The van der Waals surface area contributed by atoms with Gasteiger partial charge in [-0.25, -0.2) is 9.29 Å². The Kier molecular flexibility index (Phi) is 4.88. The zero-order valence-corrected chi connectivity index (χ0v) is 15.5. The highest BCUT2D eigenvalue weighted by atomic mass is 32.2. The number of likely N-dealkylation sites (N-methyl/N-ethyl adjacent to an activating group) is 1. The van der Waals surface area contributed by atoms with Gasteiger partial charge in [0.15, 0.2) is 6.19 Å². The first-order valence-electron chi connectivity index (χ1n) is 8.99. The summed E-state index contributed by atoms with van der Waals surface area (Å²) < 4.78 is 4.80. The first kappa shape index (κ1) is 16.8. The van der Waals surface area contributed by atoms with E-state index in [0.717, 1.165) is 64.6 Å². The normalized spacial score (nSPS) is 25.6. The second kappa shape index (κ2) is 7.28. The number of aromatic nitrogens is 1. The van der Waals surface area contributed by atoms with E-state index < -0.39 is 0 Å². The van der Waals surface area contributed by atoms with Gasteiger partial charge in [-0.2, -0.15) is 5.26 Å². The number of pyridine rings is 1. The lowest BCUT2D eigenvalue weighted by atomic mass is 10.2. The topological polar surface area (TPSA) is 52.9 Å². The van der Waals surface area contributed by atoms with E-state index in [9.17, 15) is 0 Å². The van der Waals surface area contributed by atoms with E-state index in [1.807, 2.05) is 11.1 Å². The van der Waals surface area contributed by atoms with Crippen molar-refractivity contribution in [3.63, 3.8) is 0 Å². The van der Waals surface area contributed by atoms with Crippen LogP contribution in [0.5, 0.6) is 0 Å². The molecule has 0 radical (unpaired) electrons. The van der Waals surface area contributed by atoms with E-state index in [0.29, 0.717) is 6.04 Å². The molecule has 3 aliphatic rings. The van der Waals surface area contributed by atoms with Gasteiger partial charge in [-0.15, -0.1) is 0 Å². The smallest absolute Gasteiger partial charge is 0.179 e. The molecule has 4 rings (SSSR count). The van der Waals surface area contributed by atoms with E-state index in [4.69, 9.17) is 5.26 Å². The van der Waals surface area contributed by atoms with Crippen molar-refractivity contribution < 1.29 is 0 Å². The van der Waals surface area contributed by atoms with Crippen LogP contribution in [0.25, 0.3) is 0 Å². The maximum absolute atomic E-state index is 9.05. The number of piperazine rings is 1. The molecule has 0 bridgehead atoms. The Morgan fingerprint density at radius 1 is 1.16 bits per heavy atom. The van der Waals surface area contributed by atoms with Crippen molar-refractivity contribution in [2.75, 3.05) is 68.6 Å². The molecule has 7 nitrogen and oxygen atoms in total. The SMILES string of the molecule is CN1CCN(c2cc(N3CCN(C4CCN(C#N)C4)S3)ccn2)CC1. The highest BCUT2D eigenvalue weighted by Gasteiger charge is 2.33. The number of hydrogen-bond donors (Lipinski definition) is 0. The Hall–Kier alpha value is -1.69. The summed E-state index contributed by atoms with van der Waals surface area (Å²) in [5.41, 5.74) is 1.23. The minimum Gasteiger partial charge on any atom is -0.354 e. The molecule has 0 spiro atoms. The van der Waals surface area contributed by atoms with E-state index in [1.54, 1.807) is 12.1 Å². The summed E-state index contributed by atoms with van der Waals surface area (Å²) in [6, 6.07) is 4.80. The van der Waals surface area contributed by atoms with Gasteiger partial charge in [0.2, 0.25) is 0 Å². The Balaban J connectivity index is 1.39. The van der Waals surface area contributed by atoms with Gasteiger partial charge in [0.05, 0.1) is 5.69 Å². The molecule has 3 saturated heterocycles. The van der Waals surface area contributed by atoms with Crippen molar-refractivity contribution in [1.29, 1.82) is 5.26 Å². The second-order valence-electron chi connectivity index (χ2n) is 6.98. The molecule has 0 N–H and O–H groups in total. The molecule has 1 aromatic heterocycles. The van der Waals surface area contributed by atoms with E-state index in [-0.39, 0.29) is 0 Å². The third kappa shape index (κ3) is 3.64. The molecule has 0 aliphatic carbocycles. The molecule has 1 atom stereocenters. The van der Waals surface area contributed by atoms with Crippen LogP contribution in [0, 0.1) is 11.5 Å². The van der Waals surface area contributed by atoms with Crippen LogP contribution in [0.15, 0.2) is 18.3 Å². The summed E-state index contributed by atoms with van der Waals surface area (Å²) >= 11 is 1.81. The standard InChI is InChI=1S/C17H25N7S/c1-20-6-8-22(9-7-20)17-12-15(2-4-19-17)23-10-11-24(25-23)16-3-5-21(13-16)14-18/h2,4,12,16H,3,5-11,13H2,1H3. The molecule has 0 saturated carbocycles. The van der Waals surface area contributed by atoms with Crippen LogP contribution in [0.3, 0.4) is 0 Å².